The van der Waals surface area contributed by atoms with Crippen molar-refractivity contribution in [2.75, 3.05) is 44.3 Å². The van der Waals surface area contributed by atoms with Gasteiger partial charge in [-0.3, -0.25) is 9.47 Å². The van der Waals surface area contributed by atoms with E-state index in [9.17, 15) is 0 Å². The summed E-state index contributed by atoms with van der Waals surface area (Å²) >= 11 is 5.83. The zero-order valence-electron chi connectivity index (χ0n) is 15.4. The van der Waals surface area contributed by atoms with Crippen LogP contribution in [0.3, 0.4) is 0 Å². The number of benzene rings is 1. The minimum Gasteiger partial charge on any atom is -0.378 e. The topological polar surface area (TPSA) is 38.5 Å². The molecular weight excluding hydrogens is 346 g/mol. The van der Waals surface area contributed by atoms with E-state index in [1.807, 2.05) is 22.9 Å². The maximum atomic E-state index is 5.83. The van der Waals surface area contributed by atoms with E-state index in [1.165, 1.54) is 12.8 Å². The average Bonchev–Trinajstić information content (AvgIpc) is 3.01. The number of nitrogens with zero attached hydrogens (tertiary/aromatic N) is 5. The van der Waals surface area contributed by atoms with Gasteiger partial charge in [0.1, 0.15) is 0 Å². The summed E-state index contributed by atoms with van der Waals surface area (Å²) in [5, 5.41) is 4.93. The number of morpholine rings is 1. The predicted molar refractivity (Wildman–Crippen MR) is 105 cm³/mol. The van der Waals surface area contributed by atoms with Crippen LogP contribution in [0.2, 0.25) is 0 Å². The Labute approximate surface area is 160 Å². The molecule has 3 heterocycles. The fourth-order valence-electron chi connectivity index (χ4n) is 3.65. The molecular formula is C19H27N5OS. The third-order valence-corrected chi connectivity index (χ3v) is 5.73. The van der Waals surface area contributed by atoms with Crippen LogP contribution in [0, 0.1) is 10.7 Å². The normalized spacial score (nSPS) is 19.8. The molecule has 2 aliphatic heterocycles. The van der Waals surface area contributed by atoms with Crippen molar-refractivity contribution in [1.82, 2.24) is 19.2 Å². The second-order valence-corrected chi connectivity index (χ2v) is 7.66. The predicted octanol–water partition coefficient (Wildman–Crippen LogP) is 2.93. The maximum Gasteiger partial charge on any atom is 0.230 e. The van der Waals surface area contributed by atoms with Crippen LogP contribution in [0.5, 0.6) is 0 Å². The maximum absolute atomic E-state index is 5.83. The lowest BCUT2D eigenvalue weighted by Crippen LogP contribution is -2.38. The van der Waals surface area contributed by atoms with Crippen molar-refractivity contribution in [3.05, 3.63) is 35.1 Å². The second kappa shape index (κ2) is 7.90. The molecule has 0 N–H and O–H groups in total. The second-order valence-electron chi connectivity index (χ2n) is 7.29. The molecule has 0 amide bonds. The van der Waals surface area contributed by atoms with Gasteiger partial charge in [0.15, 0.2) is 0 Å². The van der Waals surface area contributed by atoms with Crippen LogP contribution < -0.4 is 4.90 Å². The molecule has 0 saturated carbocycles. The van der Waals surface area contributed by atoms with Gasteiger partial charge in [-0.1, -0.05) is 25.1 Å². The van der Waals surface area contributed by atoms with Gasteiger partial charge in [-0.25, -0.2) is 4.68 Å². The van der Waals surface area contributed by atoms with Gasteiger partial charge in [-0.2, -0.15) is 0 Å². The smallest absolute Gasteiger partial charge is 0.230 e. The number of hydrogen-bond donors (Lipinski definition) is 0. The van der Waals surface area contributed by atoms with E-state index in [0.717, 1.165) is 68.4 Å². The van der Waals surface area contributed by atoms with Crippen LogP contribution in [0.15, 0.2) is 30.3 Å². The Bertz CT molecular complexity index is 773. The van der Waals surface area contributed by atoms with E-state index in [-0.39, 0.29) is 0 Å². The lowest BCUT2D eigenvalue weighted by atomic mass is 10.00. The van der Waals surface area contributed by atoms with E-state index < -0.39 is 0 Å². The molecule has 2 aliphatic rings. The highest BCUT2D eigenvalue weighted by Crippen LogP contribution is 2.22. The van der Waals surface area contributed by atoms with Gasteiger partial charge in [0.2, 0.25) is 10.7 Å². The summed E-state index contributed by atoms with van der Waals surface area (Å²) in [4.78, 5) is 4.74. The first-order chi connectivity index (χ1) is 12.7. The lowest BCUT2D eigenvalue weighted by Gasteiger charge is -2.29. The SMILES string of the molecule is CC1CCN(Cn2nc(N3CCOCC3)n(-c3ccccc3)c2=S)CC1. The van der Waals surface area contributed by atoms with E-state index >= 15 is 0 Å². The third kappa shape index (κ3) is 3.70. The number of rotatable bonds is 4. The molecule has 2 saturated heterocycles. The van der Waals surface area contributed by atoms with E-state index in [2.05, 4.69) is 33.4 Å². The van der Waals surface area contributed by atoms with Crippen molar-refractivity contribution in [3.8, 4) is 5.69 Å². The molecule has 0 radical (unpaired) electrons. The van der Waals surface area contributed by atoms with Gasteiger partial charge in [0.05, 0.1) is 25.6 Å². The van der Waals surface area contributed by atoms with Gasteiger partial charge in [0, 0.05) is 26.2 Å². The Balaban J connectivity index is 1.67. The van der Waals surface area contributed by atoms with Gasteiger partial charge < -0.3 is 9.64 Å². The van der Waals surface area contributed by atoms with E-state index in [0.29, 0.717) is 0 Å². The van der Waals surface area contributed by atoms with Crippen LogP contribution in [0.25, 0.3) is 5.69 Å². The summed E-state index contributed by atoms with van der Waals surface area (Å²) in [6.45, 7) is 8.50. The summed E-state index contributed by atoms with van der Waals surface area (Å²) in [6, 6.07) is 10.3. The van der Waals surface area contributed by atoms with Crippen LogP contribution in [-0.4, -0.2) is 58.6 Å². The quantitative estimate of drug-likeness (QED) is 0.771. The molecule has 0 bridgehead atoms. The fourth-order valence-corrected chi connectivity index (χ4v) is 3.94. The van der Waals surface area contributed by atoms with Gasteiger partial charge in [-0.15, -0.1) is 5.10 Å². The number of ether oxygens (including phenoxy) is 1. The number of piperidine rings is 1. The number of likely N-dealkylation sites (tertiary alicyclic amines) is 1. The van der Waals surface area contributed by atoms with Crippen molar-refractivity contribution in [3.63, 3.8) is 0 Å². The van der Waals surface area contributed by atoms with Crippen molar-refractivity contribution >= 4 is 18.2 Å². The average molecular weight is 374 g/mol. The summed E-state index contributed by atoms with van der Waals surface area (Å²) in [5.41, 5.74) is 1.07. The largest absolute Gasteiger partial charge is 0.378 e. The molecule has 26 heavy (non-hydrogen) atoms. The highest BCUT2D eigenvalue weighted by molar-refractivity contribution is 7.71. The summed E-state index contributed by atoms with van der Waals surface area (Å²) in [6.07, 6.45) is 2.51. The first-order valence-corrected chi connectivity index (χ1v) is 9.93. The van der Waals surface area contributed by atoms with Crippen molar-refractivity contribution in [2.24, 2.45) is 5.92 Å². The molecule has 1 aromatic carbocycles. The Kier molecular flexibility index (Phi) is 5.38. The van der Waals surface area contributed by atoms with Crippen molar-refractivity contribution < 1.29 is 4.74 Å². The molecule has 7 heteroatoms. The molecule has 4 rings (SSSR count). The van der Waals surface area contributed by atoms with Crippen molar-refractivity contribution in [2.45, 2.75) is 26.4 Å². The molecule has 2 fully saturated rings. The number of hydrogen-bond acceptors (Lipinski definition) is 5. The third-order valence-electron chi connectivity index (χ3n) is 5.34. The zero-order valence-corrected chi connectivity index (χ0v) is 16.2. The Morgan fingerprint density at radius 2 is 1.77 bits per heavy atom. The molecule has 1 aromatic heterocycles. The lowest BCUT2D eigenvalue weighted by molar-refractivity contribution is 0.121. The van der Waals surface area contributed by atoms with Gasteiger partial charge in [-0.05, 0) is 43.1 Å². The molecule has 0 unspecified atom stereocenters. The van der Waals surface area contributed by atoms with Crippen LogP contribution >= 0.6 is 12.2 Å². The highest BCUT2D eigenvalue weighted by atomic mass is 32.1. The molecule has 0 atom stereocenters. The Hall–Kier alpha value is -1.70. The zero-order chi connectivity index (χ0) is 17.9. The van der Waals surface area contributed by atoms with E-state index in [4.69, 9.17) is 22.1 Å². The summed E-state index contributed by atoms with van der Waals surface area (Å²) in [7, 11) is 0. The first-order valence-electron chi connectivity index (χ1n) is 9.53. The van der Waals surface area contributed by atoms with E-state index in [1.54, 1.807) is 0 Å². The number of aromatic nitrogens is 3. The number of para-hydroxylation sites is 1. The molecule has 0 spiro atoms. The van der Waals surface area contributed by atoms with Crippen molar-refractivity contribution in [1.29, 1.82) is 0 Å². The molecule has 140 valence electrons. The Morgan fingerprint density at radius 1 is 1.08 bits per heavy atom. The molecule has 6 nitrogen and oxygen atoms in total. The highest BCUT2D eigenvalue weighted by Gasteiger charge is 2.22. The van der Waals surface area contributed by atoms with Crippen LogP contribution in [0.1, 0.15) is 19.8 Å². The fraction of sp³-hybridized carbons (Fsp3) is 0.579. The summed E-state index contributed by atoms with van der Waals surface area (Å²) in [5.74, 6) is 1.75. The molecule has 0 aliphatic carbocycles. The van der Waals surface area contributed by atoms with Gasteiger partial charge >= 0.3 is 0 Å². The molecule has 2 aromatic rings. The first kappa shape index (κ1) is 17.7. The summed E-state index contributed by atoms with van der Waals surface area (Å²) < 4.78 is 10.4. The monoisotopic (exact) mass is 373 g/mol. The minimum absolute atomic E-state index is 0.735. The van der Waals surface area contributed by atoms with Gasteiger partial charge in [0.25, 0.3) is 0 Å². The standard InChI is InChI=1S/C19H27N5OS/c1-16-7-9-21(10-8-16)15-23-19(26)24(17-5-3-2-4-6-17)18(20-23)22-11-13-25-14-12-22/h2-6,16H,7-15H2,1H3. The Morgan fingerprint density at radius 3 is 2.46 bits per heavy atom. The van der Waals surface area contributed by atoms with Crippen LogP contribution in [-0.2, 0) is 11.4 Å². The number of anilines is 1. The van der Waals surface area contributed by atoms with Crippen LogP contribution in [0.4, 0.5) is 5.95 Å². The minimum atomic E-state index is 0.735.